The number of ketones is 1. The Bertz CT molecular complexity index is 1070. The lowest BCUT2D eigenvalue weighted by atomic mass is 10.0. The van der Waals surface area contributed by atoms with Crippen LogP contribution in [0.2, 0.25) is 0 Å². The highest BCUT2D eigenvalue weighted by molar-refractivity contribution is 5.98. The third kappa shape index (κ3) is 11.7. The Balaban J connectivity index is 1.94. The molecule has 9 heteroatoms. The van der Waals surface area contributed by atoms with E-state index in [-0.39, 0.29) is 31.1 Å². The van der Waals surface area contributed by atoms with E-state index in [1.165, 1.54) is 0 Å². The van der Waals surface area contributed by atoms with Crippen molar-refractivity contribution in [2.24, 2.45) is 5.92 Å². The highest BCUT2D eigenvalue weighted by atomic mass is 16.6. The molecule has 0 aliphatic carbocycles. The maximum atomic E-state index is 12.9. The highest BCUT2D eigenvalue weighted by Crippen LogP contribution is 2.21. The fourth-order valence-corrected chi connectivity index (χ4v) is 3.84. The Kier molecular flexibility index (Phi) is 13.7. The fourth-order valence-electron chi connectivity index (χ4n) is 3.84. The molecule has 2 unspecified atom stereocenters. The number of benzene rings is 2. The monoisotopic (exact) mass is 540 g/mol. The summed E-state index contributed by atoms with van der Waals surface area (Å²) in [6.07, 6.45) is 0.803. The summed E-state index contributed by atoms with van der Waals surface area (Å²) in [7, 11) is 0. The first-order chi connectivity index (χ1) is 18.7. The minimum absolute atomic E-state index is 0.0199. The van der Waals surface area contributed by atoms with Crippen molar-refractivity contribution in [1.82, 2.24) is 10.6 Å². The second-order valence-corrected chi connectivity index (χ2v) is 9.66. The number of ether oxygens (including phenoxy) is 2. The molecule has 39 heavy (non-hydrogen) atoms. The lowest BCUT2D eigenvalue weighted by Crippen LogP contribution is -2.44. The maximum absolute atomic E-state index is 12.9. The molecule has 0 aliphatic heterocycles. The van der Waals surface area contributed by atoms with Gasteiger partial charge in [-0.1, -0.05) is 63.2 Å². The van der Waals surface area contributed by atoms with E-state index in [2.05, 4.69) is 10.6 Å². The predicted molar refractivity (Wildman–Crippen MR) is 148 cm³/mol. The van der Waals surface area contributed by atoms with Gasteiger partial charge in [0.25, 0.3) is 0 Å². The molecule has 1 amide bonds. The second-order valence-electron chi connectivity index (χ2n) is 9.66. The summed E-state index contributed by atoms with van der Waals surface area (Å²) in [6.45, 7) is 6.47. The van der Waals surface area contributed by atoms with Crippen molar-refractivity contribution in [2.75, 3.05) is 19.7 Å². The molecule has 3 N–H and O–H groups in total. The molecule has 0 saturated heterocycles. The van der Waals surface area contributed by atoms with Gasteiger partial charge in [0.05, 0.1) is 12.0 Å². The van der Waals surface area contributed by atoms with Crippen molar-refractivity contribution in [2.45, 2.75) is 65.0 Å². The first-order valence-corrected chi connectivity index (χ1v) is 13.4. The van der Waals surface area contributed by atoms with Crippen molar-refractivity contribution in [1.29, 1.82) is 0 Å². The van der Waals surface area contributed by atoms with Crippen LogP contribution in [0, 0.1) is 5.92 Å². The average Bonchev–Trinajstić information content (AvgIpc) is 2.92. The first-order valence-electron chi connectivity index (χ1n) is 13.4. The summed E-state index contributed by atoms with van der Waals surface area (Å²) in [5.74, 6) is -2.18. The van der Waals surface area contributed by atoms with Crippen LogP contribution in [-0.2, 0) is 25.5 Å². The quantitative estimate of drug-likeness (QED) is 0.148. The number of hydrogen-bond donors (Lipinski definition) is 3. The van der Waals surface area contributed by atoms with E-state index < -0.39 is 30.0 Å². The van der Waals surface area contributed by atoms with Crippen LogP contribution in [0.4, 0.5) is 0 Å². The molecule has 0 fully saturated rings. The van der Waals surface area contributed by atoms with Crippen LogP contribution >= 0.6 is 0 Å². The number of carboxylic acids is 1. The summed E-state index contributed by atoms with van der Waals surface area (Å²) >= 11 is 0. The zero-order valence-corrected chi connectivity index (χ0v) is 23.0. The van der Waals surface area contributed by atoms with Gasteiger partial charge in [0.2, 0.25) is 5.91 Å². The number of hydrogen-bond acceptors (Lipinski definition) is 7. The van der Waals surface area contributed by atoms with Gasteiger partial charge in [0.15, 0.2) is 5.78 Å². The van der Waals surface area contributed by atoms with E-state index in [0.29, 0.717) is 30.7 Å². The Morgan fingerprint density at radius 3 is 2.28 bits per heavy atom. The molecule has 0 spiro atoms. The Morgan fingerprint density at radius 2 is 1.62 bits per heavy atom. The van der Waals surface area contributed by atoms with Crippen LogP contribution in [0.5, 0.6) is 5.75 Å². The SMILES string of the molecule is CCCNCC(COc1ccccc1C(=O)CCc1ccccc1)OC(=O)CCC(=O)NC(C(=O)O)C(C)C. The van der Waals surface area contributed by atoms with Gasteiger partial charge in [-0.25, -0.2) is 4.79 Å². The normalized spacial score (nSPS) is 12.4. The second kappa shape index (κ2) is 17.0. The standard InChI is InChI=1S/C30H40N2O7/c1-4-18-31-19-23(39-28(35)17-16-27(34)32-29(21(2)3)30(36)37)20-38-26-13-9-8-12-24(26)25(33)15-14-22-10-6-5-7-11-22/h5-13,21,23,29,31H,4,14-20H2,1-3H3,(H,32,34)(H,36,37). The van der Waals surface area contributed by atoms with Crippen LogP contribution in [0.15, 0.2) is 54.6 Å². The number of Topliss-reactive ketones (excluding diaryl/α,β-unsaturated/α-hetero) is 1. The largest absolute Gasteiger partial charge is 0.489 e. The molecule has 0 bridgehead atoms. The van der Waals surface area contributed by atoms with Crippen LogP contribution in [0.3, 0.4) is 0 Å². The van der Waals surface area contributed by atoms with Gasteiger partial charge in [-0.2, -0.15) is 0 Å². The number of aryl methyl sites for hydroxylation is 1. The van der Waals surface area contributed by atoms with Gasteiger partial charge >= 0.3 is 11.9 Å². The molecular formula is C30H40N2O7. The maximum Gasteiger partial charge on any atom is 0.326 e. The fraction of sp³-hybridized carbons (Fsp3) is 0.467. The lowest BCUT2D eigenvalue weighted by molar-refractivity contribution is -0.151. The van der Waals surface area contributed by atoms with Crippen molar-refractivity contribution in [3.8, 4) is 5.75 Å². The van der Waals surface area contributed by atoms with Crippen LogP contribution in [0.1, 0.15) is 62.4 Å². The third-order valence-corrected chi connectivity index (χ3v) is 6.00. The number of carboxylic acid groups (broad SMARTS) is 1. The predicted octanol–water partition coefficient (Wildman–Crippen LogP) is 3.80. The topological polar surface area (TPSA) is 131 Å². The number of amides is 1. The van der Waals surface area contributed by atoms with Gasteiger partial charge in [0.1, 0.15) is 24.5 Å². The number of rotatable bonds is 18. The third-order valence-electron chi connectivity index (χ3n) is 6.00. The summed E-state index contributed by atoms with van der Waals surface area (Å²) in [4.78, 5) is 48.9. The summed E-state index contributed by atoms with van der Waals surface area (Å²) in [5.41, 5.74) is 1.55. The number of esters is 1. The van der Waals surface area contributed by atoms with E-state index in [1.54, 1.807) is 38.1 Å². The van der Waals surface area contributed by atoms with E-state index >= 15 is 0 Å². The Labute approximate surface area is 230 Å². The van der Waals surface area contributed by atoms with Crippen LogP contribution in [-0.4, -0.2) is 60.6 Å². The van der Waals surface area contributed by atoms with Gasteiger partial charge in [-0.05, 0) is 43.0 Å². The molecule has 2 aromatic rings. The molecule has 0 aliphatic rings. The van der Waals surface area contributed by atoms with Crippen LogP contribution < -0.4 is 15.4 Å². The van der Waals surface area contributed by atoms with Gasteiger partial charge in [-0.3, -0.25) is 14.4 Å². The van der Waals surface area contributed by atoms with Gasteiger partial charge in [0, 0.05) is 19.4 Å². The first kappa shape index (κ1) is 31.5. The van der Waals surface area contributed by atoms with Crippen LogP contribution in [0.25, 0.3) is 0 Å². The zero-order chi connectivity index (χ0) is 28.6. The van der Waals surface area contributed by atoms with Gasteiger partial charge < -0.3 is 25.2 Å². The molecule has 212 valence electrons. The number of carbonyl (C=O) groups is 4. The molecule has 0 saturated carbocycles. The molecule has 0 radical (unpaired) electrons. The van der Waals surface area contributed by atoms with E-state index in [1.807, 2.05) is 37.3 Å². The smallest absolute Gasteiger partial charge is 0.326 e. The molecule has 2 atom stereocenters. The lowest BCUT2D eigenvalue weighted by Gasteiger charge is -2.20. The minimum Gasteiger partial charge on any atom is -0.489 e. The molecule has 0 heterocycles. The number of para-hydroxylation sites is 1. The number of nitrogens with one attached hydrogen (secondary N) is 2. The minimum atomic E-state index is -1.13. The van der Waals surface area contributed by atoms with E-state index in [0.717, 1.165) is 18.5 Å². The van der Waals surface area contributed by atoms with Crippen molar-refractivity contribution < 1.29 is 33.8 Å². The van der Waals surface area contributed by atoms with Crippen molar-refractivity contribution in [3.63, 3.8) is 0 Å². The number of aliphatic carboxylic acids is 1. The summed E-state index contributed by atoms with van der Waals surface area (Å²) in [5, 5.41) is 14.9. The Morgan fingerprint density at radius 1 is 0.923 bits per heavy atom. The molecule has 2 aromatic carbocycles. The molecular weight excluding hydrogens is 500 g/mol. The van der Waals surface area contributed by atoms with Gasteiger partial charge in [-0.15, -0.1) is 0 Å². The number of carbonyl (C=O) groups excluding carboxylic acids is 3. The highest BCUT2D eigenvalue weighted by Gasteiger charge is 2.24. The van der Waals surface area contributed by atoms with E-state index in [9.17, 15) is 24.3 Å². The van der Waals surface area contributed by atoms with E-state index in [4.69, 9.17) is 9.47 Å². The average molecular weight is 541 g/mol. The molecule has 9 nitrogen and oxygen atoms in total. The zero-order valence-electron chi connectivity index (χ0n) is 23.0. The van der Waals surface area contributed by atoms with Crippen molar-refractivity contribution >= 4 is 23.6 Å². The Hall–Kier alpha value is -3.72. The van der Waals surface area contributed by atoms with Crippen molar-refractivity contribution in [3.05, 3.63) is 65.7 Å². The summed E-state index contributed by atoms with van der Waals surface area (Å²) < 4.78 is 11.5. The summed E-state index contributed by atoms with van der Waals surface area (Å²) in [6, 6.07) is 15.7. The molecule has 0 aromatic heterocycles. The molecule has 2 rings (SSSR count).